The van der Waals surface area contributed by atoms with Gasteiger partial charge < -0.3 is 28.9 Å². The summed E-state index contributed by atoms with van der Waals surface area (Å²) in [5, 5.41) is 0. The second-order valence-corrected chi connectivity index (χ2v) is 15.7. The lowest BCUT2D eigenvalue weighted by Crippen LogP contribution is -2.10. The van der Waals surface area contributed by atoms with Gasteiger partial charge in [-0.1, -0.05) is 60.7 Å². The number of hydrogen-bond acceptors (Lipinski definition) is 10. The highest BCUT2D eigenvalue weighted by atomic mass is 16.5. The highest BCUT2D eigenvalue weighted by molar-refractivity contribution is 6.04. The Bertz CT molecular complexity index is 3070. The van der Waals surface area contributed by atoms with Gasteiger partial charge in [-0.15, -0.1) is 0 Å². The number of esters is 4. The molecule has 0 radical (unpaired) electrons. The molecule has 8 bridgehead atoms. The van der Waals surface area contributed by atoms with E-state index >= 15 is 0 Å². The predicted octanol–water partition coefficient (Wildman–Crippen LogP) is 12.0. The third-order valence-corrected chi connectivity index (χ3v) is 11.4. The van der Waals surface area contributed by atoms with Crippen LogP contribution >= 0.6 is 0 Å². The first-order chi connectivity index (χ1) is 33.2. The van der Waals surface area contributed by atoms with Crippen molar-refractivity contribution in [2.24, 2.45) is 0 Å². The molecule has 2 aliphatic rings. The Labute approximate surface area is 392 Å². The molecule has 0 saturated carbocycles. The summed E-state index contributed by atoms with van der Waals surface area (Å²) in [4.78, 5) is 71.7. The van der Waals surface area contributed by atoms with E-state index in [0.29, 0.717) is 67.1 Å². The number of nitrogens with one attached hydrogen (secondary N) is 2. The average Bonchev–Trinajstić information content (AvgIpc) is 4.21. The van der Waals surface area contributed by atoms with Crippen LogP contribution in [0.1, 0.15) is 91.9 Å². The van der Waals surface area contributed by atoms with Crippen LogP contribution < -0.4 is 0 Å². The van der Waals surface area contributed by atoms with E-state index < -0.39 is 23.9 Å². The standard InChI is InChI=1S/C56H46N4O8/c1-5-65-53(61)37-27-35(28-38(31-37)54(62)66-6-2)51-45-23-19-41(57-45)49(33-15-11-9-12-16-33)43-21-25-47(59-43)52(36-29-39(55(63)67-7-3)32-40(30-36)56(64)68-8-4)48-26-22-44(60-48)50(34-17-13-10-14-18-34)42-20-24-46(51)58-42/h9-32,57,60H,5-8H2,1-4H3. The summed E-state index contributed by atoms with van der Waals surface area (Å²) >= 11 is 0. The van der Waals surface area contributed by atoms with Gasteiger partial charge in [0.2, 0.25) is 0 Å². The van der Waals surface area contributed by atoms with E-state index in [2.05, 4.69) is 9.97 Å². The van der Waals surface area contributed by atoms with Crippen molar-refractivity contribution >= 4 is 70.2 Å². The van der Waals surface area contributed by atoms with E-state index in [9.17, 15) is 19.2 Å². The monoisotopic (exact) mass is 902 g/mol. The first kappa shape index (κ1) is 44.6. The summed E-state index contributed by atoms with van der Waals surface area (Å²) in [5.41, 5.74) is 11.4. The van der Waals surface area contributed by atoms with Crippen molar-refractivity contribution in [3.63, 3.8) is 0 Å². The second-order valence-electron chi connectivity index (χ2n) is 15.7. The van der Waals surface area contributed by atoms with Gasteiger partial charge in [-0.25, -0.2) is 29.1 Å². The maximum Gasteiger partial charge on any atom is 0.338 e. The van der Waals surface area contributed by atoms with E-state index in [1.54, 1.807) is 52.0 Å². The zero-order chi connectivity index (χ0) is 47.3. The van der Waals surface area contributed by atoms with E-state index in [0.717, 1.165) is 22.3 Å². The van der Waals surface area contributed by atoms with Crippen LogP contribution in [-0.4, -0.2) is 70.2 Å². The van der Waals surface area contributed by atoms with Gasteiger partial charge in [0.05, 0.1) is 71.5 Å². The molecule has 0 aliphatic carbocycles. The minimum atomic E-state index is -0.585. The molecule has 2 aliphatic heterocycles. The number of benzene rings is 4. The summed E-state index contributed by atoms with van der Waals surface area (Å²) in [6.45, 7) is 7.48. The molecule has 0 amide bonds. The lowest BCUT2D eigenvalue weighted by Gasteiger charge is -2.11. The first-order valence-corrected chi connectivity index (χ1v) is 22.4. The molecule has 12 nitrogen and oxygen atoms in total. The lowest BCUT2D eigenvalue weighted by atomic mass is 9.98. The van der Waals surface area contributed by atoms with E-state index in [-0.39, 0.29) is 48.7 Å². The van der Waals surface area contributed by atoms with Gasteiger partial charge in [-0.3, -0.25) is 0 Å². The molecule has 0 spiro atoms. The molecule has 12 heteroatoms. The first-order valence-electron chi connectivity index (χ1n) is 22.4. The molecule has 0 fully saturated rings. The molecule has 338 valence electrons. The Kier molecular flexibility index (Phi) is 12.7. The van der Waals surface area contributed by atoms with E-state index in [1.165, 1.54) is 12.1 Å². The van der Waals surface area contributed by atoms with Crippen molar-refractivity contribution in [2.45, 2.75) is 27.7 Å². The molecule has 0 atom stereocenters. The highest BCUT2D eigenvalue weighted by Crippen LogP contribution is 2.39. The van der Waals surface area contributed by atoms with Crippen molar-refractivity contribution < 1.29 is 38.1 Å². The SMILES string of the molecule is CCOC(=O)c1cc(C(=O)OCC)cc(-c2c3nc(c(-c4ccccc4)c4ccc([nH]4)c(-c4cc(C(=O)OCC)cc(C(=O)OCC)c4)c4nc(c(-c5ccccc5)c5ccc2[nH]5)C=C4)C=C3)c1. The van der Waals surface area contributed by atoms with Crippen LogP contribution in [-0.2, 0) is 18.9 Å². The van der Waals surface area contributed by atoms with Crippen LogP contribution in [0.2, 0.25) is 0 Å². The van der Waals surface area contributed by atoms with Crippen LogP contribution in [0.25, 0.3) is 90.9 Å². The number of H-pyrrole nitrogens is 2. The number of aromatic nitrogens is 4. The Balaban J connectivity index is 1.44. The zero-order valence-corrected chi connectivity index (χ0v) is 37.8. The number of carbonyl (C=O) groups excluding carboxylic acids is 4. The van der Waals surface area contributed by atoms with Crippen molar-refractivity contribution in [1.29, 1.82) is 0 Å². The molecule has 3 aromatic heterocycles. The summed E-state index contributed by atoms with van der Waals surface area (Å²) < 4.78 is 21.8. The Morgan fingerprint density at radius 3 is 0.897 bits per heavy atom. The lowest BCUT2D eigenvalue weighted by molar-refractivity contribution is 0.0506. The summed E-state index contributed by atoms with van der Waals surface area (Å²) in [5.74, 6) is -2.34. The molecule has 0 unspecified atom stereocenters. The number of hydrogen-bond donors (Lipinski definition) is 2. The van der Waals surface area contributed by atoms with Crippen molar-refractivity contribution in [2.75, 3.05) is 26.4 Å². The van der Waals surface area contributed by atoms with Crippen molar-refractivity contribution in [3.8, 4) is 44.5 Å². The minimum Gasteiger partial charge on any atom is -0.462 e. The molecule has 7 aromatic rings. The number of nitrogens with zero attached hydrogens (tertiary/aromatic N) is 2. The fourth-order valence-electron chi connectivity index (χ4n) is 8.50. The molecule has 2 N–H and O–H groups in total. The molecule has 4 aromatic carbocycles. The summed E-state index contributed by atoms with van der Waals surface area (Å²) in [6, 6.07) is 37.3. The number of aromatic amines is 2. The highest BCUT2D eigenvalue weighted by Gasteiger charge is 2.23. The predicted molar refractivity (Wildman–Crippen MR) is 264 cm³/mol. The van der Waals surface area contributed by atoms with Gasteiger partial charge in [-0.2, -0.15) is 0 Å². The van der Waals surface area contributed by atoms with Gasteiger partial charge in [0.1, 0.15) is 0 Å². The number of carbonyl (C=O) groups is 4. The molecule has 9 rings (SSSR count). The van der Waals surface area contributed by atoms with Crippen molar-refractivity contribution in [1.82, 2.24) is 19.9 Å². The van der Waals surface area contributed by atoms with Crippen molar-refractivity contribution in [3.05, 3.63) is 166 Å². The van der Waals surface area contributed by atoms with E-state index in [4.69, 9.17) is 28.9 Å². The van der Waals surface area contributed by atoms with Gasteiger partial charge in [0, 0.05) is 44.3 Å². The zero-order valence-electron chi connectivity index (χ0n) is 37.8. The Hall–Kier alpha value is -8.64. The molecule has 0 saturated heterocycles. The molecular formula is C56H46N4O8. The van der Waals surface area contributed by atoms with Crippen LogP contribution in [0.4, 0.5) is 0 Å². The third-order valence-electron chi connectivity index (χ3n) is 11.4. The smallest absolute Gasteiger partial charge is 0.338 e. The van der Waals surface area contributed by atoms with Crippen LogP contribution in [0.15, 0.2) is 121 Å². The molecule has 5 heterocycles. The number of rotatable bonds is 12. The quantitative estimate of drug-likeness (QED) is 0.0891. The van der Waals surface area contributed by atoms with Crippen LogP contribution in [0, 0.1) is 0 Å². The van der Waals surface area contributed by atoms with E-state index in [1.807, 2.05) is 109 Å². The largest absolute Gasteiger partial charge is 0.462 e. The van der Waals surface area contributed by atoms with Crippen LogP contribution in [0.3, 0.4) is 0 Å². The fourth-order valence-corrected chi connectivity index (χ4v) is 8.50. The molecular weight excluding hydrogens is 857 g/mol. The normalized spacial score (nSPS) is 11.6. The topological polar surface area (TPSA) is 163 Å². The minimum absolute atomic E-state index is 0.143. The van der Waals surface area contributed by atoms with Gasteiger partial charge in [0.15, 0.2) is 0 Å². The fraction of sp³-hybridized carbons (Fsp3) is 0.143. The third kappa shape index (κ3) is 8.87. The summed E-state index contributed by atoms with van der Waals surface area (Å²) in [7, 11) is 0. The summed E-state index contributed by atoms with van der Waals surface area (Å²) in [6.07, 6.45) is 7.71. The maximum absolute atomic E-state index is 13.4. The maximum atomic E-state index is 13.4. The van der Waals surface area contributed by atoms with Gasteiger partial charge in [-0.05, 0) is 135 Å². The van der Waals surface area contributed by atoms with Gasteiger partial charge >= 0.3 is 23.9 Å². The number of fused-ring (bicyclic) bond motifs is 8. The Morgan fingerprint density at radius 1 is 0.368 bits per heavy atom. The van der Waals surface area contributed by atoms with Gasteiger partial charge in [0.25, 0.3) is 0 Å². The average molecular weight is 903 g/mol. The second kappa shape index (κ2) is 19.4. The number of ether oxygens (including phenoxy) is 4. The Morgan fingerprint density at radius 2 is 0.632 bits per heavy atom. The van der Waals surface area contributed by atoms with Crippen LogP contribution in [0.5, 0.6) is 0 Å². The molecule has 68 heavy (non-hydrogen) atoms.